The zero-order valence-corrected chi connectivity index (χ0v) is 12.8. The molecular formula is C13H18N4O3S. The van der Waals surface area contributed by atoms with E-state index in [0.29, 0.717) is 11.4 Å². The Morgan fingerprint density at radius 3 is 2.76 bits per heavy atom. The molecule has 2 heterocycles. The van der Waals surface area contributed by atoms with Crippen molar-refractivity contribution in [2.75, 3.05) is 6.61 Å². The maximum Gasteiger partial charge on any atom is 0.244 e. The van der Waals surface area contributed by atoms with Crippen LogP contribution in [0.4, 0.5) is 0 Å². The van der Waals surface area contributed by atoms with Gasteiger partial charge in [0.1, 0.15) is 4.90 Å². The van der Waals surface area contributed by atoms with Crippen molar-refractivity contribution >= 4 is 10.0 Å². The van der Waals surface area contributed by atoms with Gasteiger partial charge in [0.25, 0.3) is 0 Å². The molecule has 0 spiro atoms. The Morgan fingerprint density at radius 2 is 2.14 bits per heavy atom. The molecule has 2 aromatic heterocycles. The number of rotatable bonds is 6. The van der Waals surface area contributed by atoms with Crippen molar-refractivity contribution in [1.29, 1.82) is 0 Å². The Hall–Kier alpha value is -1.77. The summed E-state index contributed by atoms with van der Waals surface area (Å²) in [6.45, 7) is 3.66. The van der Waals surface area contributed by atoms with Crippen LogP contribution in [0, 0.1) is 13.8 Å². The molecule has 2 aromatic rings. The highest BCUT2D eigenvalue weighted by molar-refractivity contribution is 7.89. The lowest BCUT2D eigenvalue weighted by atomic mass is 10.3. The zero-order chi connectivity index (χ0) is 15.5. The van der Waals surface area contributed by atoms with Crippen LogP contribution in [0.1, 0.15) is 17.0 Å². The Balaban J connectivity index is 2.24. The molecule has 2 rings (SSSR count). The second-order valence-corrected chi connectivity index (χ2v) is 6.34. The summed E-state index contributed by atoms with van der Waals surface area (Å²) in [5.41, 5.74) is 1.71. The number of hydrogen-bond acceptors (Lipinski definition) is 5. The van der Waals surface area contributed by atoms with Gasteiger partial charge in [-0.15, -0.1) is 0 Å². The predicted molar refractivity (Wildman–Crippen MR) is 77.0 cm³/mol. The van der Waals surface area contributed by atoms with Crippen molar-refractivity contribution in [3.8, 4) is 0 Å². The van der Waals surface area contributed by atoms with E-state index in [1.807, 2.05) is 0 Å². The summed E-state index contributed by atoms with van der Waals surface area (Å²) < 4.78 is 28.9. The summed E-state index contributed by atoms with van der Waals surface area (Å²) >= 11 is 0. The first-order valence-electron chi connectivity index (χ1n) is 6.49. The van der Waals surface area contributed by atoms with Crippen molar-refractivity contribution in [2.24, 2.45) is 0 Å². The first-order valence-corrected chi connectivity index (χ1v) is 7.97. The number of aryl methyl sites for hydroxylation is 1. The smallest absolute Gasteiger partial charge is 0.244 e. The van der Waals surface area contributed by atoms with E-state index in [4.69, 9.17) is 5.11 Å². The standard InChI is InChI=1S/C13H18N4O3S/c1-10-13(11(2)17(16-10)6-7-18)21(19,20)15-9-12-4-3-5-14-8-12/h3-5,8,15,18H,6-7,9H2,1-2H3. The van der Waals surface area contributed by atoms with Gasteiger partial charge in [0.15, 0.2) is 0 Å². The maximum absolute atomic E-state index is 12.4. The van der Waals surface area contributed by atoms with Gasteiger partial charge in [0.2, 0.25) is 10.0 Å². The molecule has 0 aromatic carbocycles. The molecule has 8 heteroatoms. The van der Waals surface area contributed by atoms with Crippen molar-refractivity contribution in [2.45, 2.75) is 31.8 Å². The van der Waals surface area contributed by atoms with E-state index in [0.717, 1.165) is 5.56 Å². The third kappa shape index (κ3) is 3.46. The molecule has 0 amide bonds. The monoisotopic (exact) mass is 310 g/mol. The lowest BCUT2D eigenvalue weighted by Gasteiger charge is -2.07. The Morgan fingerprint density at radius 1 is 1.38 bits per heavy atom. The molecule has 0 atom stereocenters. The van der Waals surface area contributed by atoms with Crippen LogP contribution in [-0.4, -0.2) is 34.9 Å². The lowest BCUT2D eigenvalue weighted by molar-refractivity contribution is 0.267. The van der Waals surface area contributed by atoms with Crippen LogP contribution in [0.15, 0.2) is 29.4 Å². The van der Waals surface area contributed by atoms with Crippen LogP contribution in [0.25, 0.3) is 0 Å². The molecule has 2 N–H and O–H groups in total. The largest absolute Gasteiger partial charge is 0.394 e. The number of nitrogens with zero attached hydrogens (tertiary/aromatic N) is 3. The molecule has 0 aliphatic heterocycles. The number of aromatic nitrogens is 3. The molecule has 0 aliphatic carbocycles. The quantitative estimate of drug-likeness (QED) is 0.803. The Kier molecular flexibility index (Phi) is 4.71. The molecule has 0 unspecified atom stereocenters. The van der Waals surface area contributed by atoms with Gasteiger partial charge in [-0.05, 0) is 25.5 Å². The van der Waals surface area contributed by atoms with Crippen LogP contribution in [-0.2, 0) is 23.1 Å². The Bertz CT molecular complexity index is 711. The molecule has 0 saturated heterocycles. The third-order valence-corrected chi connectivity index (χ3v) is 4.74. The number of hydrogen-bond donors (Lipinski definition) is 2. The lowest BCUT2D eigenvalue weighted by Crippen LogP contribution is -2.24. The van der Waals surface area contributed by atoms with E-state index in [2.05, 4.69) is 14.8 Å². The fourth-order valence-corrected chi connectivity index (χ4v) is 3.56. The van der Waals surface area contributed by atoms with Gasteiger partial charge < -0.3 is 5.11 Å². The third-order valence-electron chi connectivity index (χ3n) is 3.08. The fourth-order valence-electron chi connectivity index (χ4n) is 2.14. The van der Waals surface area contributed by atoms with Gasteiger partial charge in [-0.2, -0.15) is 5.10 Å². The average Bonchev–Trinajstić information content (AvgIpc) is 2.73. The number of aliphatic hydroxyl groups excluding tert-OH is 1. The number of pyridine rings is 1. The van der Waals surface area contributed by atoms with Crippen molar-refractivity contribution in [3.05, 3.63) is 41.5 Å². The van der Waals surface area contributed by atoms with Gasteiger partial charge in [0, 0.05) is 18.9 Å². The van der Waals surface area contributed by atoms with Gasteiger partial charge >= 0.3 is 0 Å². The van der Waals surface area contributed by atoms with E-state index < -0.39 is 10.0 Å². The summed E-state index contributed by atoms with van der Waals surface area (Å²) in [6, 6.07) is 3.55. The van der Waals surface area contributed by atoms with Crippen LogP contribution < -0.4 is 4.72 Å². The maximum atomic E-state index is 12.4. The van der Waals surface area contributed by atoms with E-state index in [9.17, 15) is 8.42 Å². The number of nitrogens with one attached hydrogen (secondary N) is 1. The highest BCUT2D eigenvalue weighted by Crippen LogP contribution is 2.19. The van der Waals surface area contributed by atoms with Crippen LogP contribution >= 0.6 is 0 Å². The number of sulfonamides is 1. The minimum Gasteiger partial charge on any atom is -0.394 e. The molecular weight excluding hydrogens is 292 g/mol. The molecule has 21 heavy (non-hydrogen) atoms. The number of aliphatic hydroxyl groups is 1. The molecule has 7 nitrogen and oxygen atoms in total. The molecule has 0 fully saturated rings. The van der Waals surface area contributed by atoms with Crippen molar-refractivity contribution < 1.29 is 13.5 Å². The fraction of sp³-hybridized carbons (Fsp3) is 0.385. The summed E-state index contributed by atoms with van der Waals surface area (Å²) in [5.74, 6) is 0. The zero-order valence-electron chi connectivity index (χ0n) is 11.9. The van der Waals surface area contributed by atoms with E-state index >= 15 is 0 Å². The minimum atomic E-state index is -3.66. The second kappa shape index (κ2) is 6.33. The minimum absolute atomic E-state index is 0.0927. The first-order chi connectivity index (χ1) is 9.95. The molecule has 0 aliphatic rings. The van der Waals surface area contributed by atoms with Gasteiger partial charge in [-0.3, -0.25) is 9.67 Å². The normalized spacial score (nSPS) is 11.8. The van der Waals surface area contributed by atoms with Crippen molar-refractivity contribution in [1.82, 2.24) is 19.5 Å². The molecule has 0 bridgehead atoms. The predicted octanol–water partition coefficient (Wildman–Crippen LogP) is 0.366. The van der Waals surface area contributed by atoms with Crippen LogP contribution in [0.5, 0.6) is 0 Å². The van der Waals surface area contributed by atoms with Gasteiger partial charge in [0.05, 0.1) is 24.5 Å². The topological polar surface area (TPSA) is 97.1 Å². The van der Waals surface area contributed by atoms with Gasteiger partial charge in [-0.25, -0.2) is 13.1 Å². The van der Waals surface area contributed by atoms with Crippen molar-refractivity contribution in [3.63, 3.8) is 0 Å². The summed E-state index contributed by atoms with van der Waals surface area (Å²) in [4.78, 5) is 4.11. The summed E-state index contributed by atoms with van der Waals surface area (Å²) in [6.07, 6.45) is 3.24. The Labute approximate surface area is 123 Å². The van der Waals surface area contributed by atoms with E-state index in [1.165, 1.54) is 4.68 Å². The first kappa shape index (κ1) is 15.6. The summed E-state index contributed by atoms with van der Waals surface area (Å²) in [5, 5.41) is 13.1. The van der Waals surface area contributed by atoms with Gasteiger partial charge in [-0.1, -0.05) is 6.07 Å². The van der Waals surface area contributed by atoms with Crippen LogP contribution in [0.3, 0.4) is 0 Å². The van der Waals surface area contributed by atoms with E-state index in [-0.39, 0.29) is 24.6 Å². The second-order valence-electron chi connectivity index (χ2n) is 4.63. The van der Waals surface area contributed by atoms with E-state index in [1.54, 1.807) is 38.4 Å². The highest BCUT2D eigenvalue weighted by atomic mass is 32.2. The van der Waals surface area contributed by atoms with Crippen LogP contribution in [0.2, 0.25) is 0 Å². The highest BCUT2D eigenvalue weighted by Gasteiger charge is 2.24. The average molecular weight is 310 g/mol. The molecule has 114 valence electrons. The summed E-state index contributed by atoms with van der Waals surface area (Å²) in [7, 11) is -3.66. The SMILES string of the molecule is Cc1nn(CCO)c(C)c1S(=O)(=O)NCc1cccnc1. The molecule has 0 radical (unpaired) electrons. The molecule has 0 saturated carbocycles.